The van der Waals surface area contributed by atoms with Gasteiger partial charge in [-0.15, -0.1) is 0 Å². The zero-order valence-electron chi connectivity index (χ0n) is 10.1. The summed E-state index contributed by atoms with van der Waals surface area (Å²) < 4.78 is 0. The molecule has 2 aliphatic rings. The molecule has 96 valence electrons. The van der Waals surface area contributed by atoms with Crippen molar-refractivity contribution in [3.05, 3.63) is 0 Å². The SMILES string of the molecule is O=C(NCC1(C(=O)O)CCC1)N1CCCCC1. The first-order valence-electron chi connectivity index (χ1n) is 6.40. The highest BCUT2D eigenvalue weighted by atomic mass is 16.4. The summed E-state index contributed by atoms with van der Waals surface area (Å²) in [5.74, 6) is -0.775. The van der Waals surface area contributed by atoms with E-state index in [4.69, 9.17) is 5.11 Å². The van der Waals surface area contributed by atoms with E-state index < -0.39 is 11.4 Å². The summed E-state index contributed by atoms with van der Waals surface area (Å²) in [6.07, 6.45) is 5.61. The van der Waals surface area contributed by atoms with Crippen LogP contribution >= 0.6 is 0 Å². The van der Waals surface area contributed by atoms with Gasteiger partial charge in [0.1, 0.15) is 0 Å². The van der Waals surface area contributed by atoms with Crippen LogP contribution in [0.5, 0.6) is 0 Å². The fourth-order valence-electron chi connectivity index (χ4n) is 2.52. The quantitative estimate of drug-likeness (QED) is 0.784. The highest BCUT2D eigenvalue weighted by Gasteiger charge is 2.44. The molecule has 0 bridgehead atoms. The molecule has 1 aliphatic heterocycles. The van der Waals surface area contributed by atoms with Crippen LogP contribution in [0.25, 0.3) is 0 Å². The van der Waals surface area contributed by atoms with Gasteiger partial charge < -0.3 is 15.3 Å². The van der Waals surface area contributed by atoms with Crippen LogP contribution in [0, 0.1) is 5.41 Å². The number of amides is 2. The van der Waals surface area contributed by atoms with Crippen LogP contribution in [0.2, 0.25) is 0 Å². The third-order valence-corrected chi connectivity index (χ3v) is 3.99. The van der Waals surface area contributed by atoms with Crippen molar-refractivity contribution in [2.75, 3.05) is 19.6 Å². The summed E-state index contributed by atoms with van der Waals surface area (Å²) in [6.45, 7) is 1.87. The molecule has 0 spiro atoms. The number of carbonyl (C=O) groups excluding carboxylic acids is 1. The van der Waals surface area contributed by atoms with Gasteiger partial charge in [-0.3, -0.25) is 4.79 Å². The number of likely N-dealkylation sites (tertiary alicyclic amines) is 1. The van der Waals surface area contributed by atoms with Gasteiger partial charge in [0.05, 0.1) is 5.41 Å². The van der Waals surface area contributed by atoms with Crippen molar-refractivity contribution < 1.29 is 14.7 Å². The number of hydrogen-bond donors (Lipinski definition) is 2. The summed E-state index contributed by atoms with van der Waals surface area (Å²) in [5, 5.41) is 11.9. The van der Waals surface area contributed by atoms with Gasteiger partial charge in [-0.05, 0) is 32.1 Å². The van der Waals surface area contributed by atoms with Gasteiger partial charge >= 0.3 is 12.0 Å². The second-order valence-electron chi connectivity index (χ2n) is 5.15. The summed E-state index contributed by atoms with van der Waals surface area (Å²) in [7, 11) is 0. The molecule has 0 radical (unpaired) electrons. The predicted molar refractivity (Wildman–Crippen MR) is 62.7 cm³/mol. The van der Waals surface area contributed by atoms with Crippen molar-refractivity contribution >= 4 is 12.0 Å². The van der Waals surface area contributed by atoms with Crippen molar-refractivity contribution in [1.82, 2.24) is 10.2 Å². The monoisotopic (exact) mass is 240 g/mol. The second kappa shape index (κ2) is 4.94. The Balaban J connectivity index is 1.80. The molecule has 0 atom stereocenters. The van der Waals surface area contributed by atoms with E-state index in [2.05, 4.69) is 5.32 Å². The van der Waals surface area contributed by atoms with Gasteiger partial charge in [-0.25, -0.2) is 4.79 Å². The fraction of sp³-hybridized carbons (Fsp3) is 0.833. The number of carboxylic acid groups (broad SMARTS) is 1. The number of nitrogens with zero attached hydrogens (tertiary/aromatic N) is 1. The van der Waals surface area contributed by atoms with Gasteiger partial charge in [0.15, 0.2) is 0 Å². The molecule has 0 unspecified atom stereocenters. The molecule has 1 saturated carbocycles. The summed E-state index contributed by atoms with van der Waals surface area (Å²) in [4.78, 5) is 24.7. The lowest BCUT2D eigenvalue weighted by molar-refractivity contribution is -0.153. The average molecular weight is 240 g/mol. The Morgan fingerprint density at radius 2 is 1.76 bits per heavy atom. The normalized spacial score (nSPS) is 22.7. The van der Waals surface area contributed by atoms with Crippen LogP contribution in [0.15, 0.2) is 0 Å². The number of carboxylic acids is 1. The van der Waals surface area contributed by atoms with Gasteiger partial charge in [-0.2, -0.15) is 0 Å². The summed E-state index contributed by atoms with van der Waals surface area (Å²) >= 11 is 0. The van der Waals surface area contributed by atoms with Crippen molar-refractivity contribution in [1.29, 1.82) is 0 Å². The van der Waals surface area contributed by atoms with E-state index in [1.807, 2.05) is 0 Å². The van der Waals surface area contributed by atoms with E-state index in [1.54, 1.807) is 4.90 Å². The number of rotatable bonds is 3. The molecule has 1 saturated heterocycles. The Bertz CT molecular complexity index is 307. The molecule has 1 heterocycles. The Labute approximate surface area is 101 Å². The van der Waals surface area contributed by atoms with Gasteiger partial charge in [0.25, 0.3) is 0 Å². The van der Waals surface area contributed by atoms with Crippen LogP contribution in [0.4, 0.5) is 4.79 Å². The number of aliphatic carboxylic acids is 1. The standard InChI is InChI=1S/C12H20N2O3/c15-10(16)12(5-4-6-12)9-13-11(17)14-7-2-1-3-8-14/h1-9H2,(H,13,17)(H,15,16). The number of carbonyl (C=O) groups is 2. The van der Waals surface area contributed by atoms with E-state index in [9.17, 15) is 9.59 Å². The van der Waals surface area contributed by atoms with Crippen LogP contribution in [0.1, 0.15) is 38.5 Å². The zero-order chi connectivity index (χ0) is 12.3. The summed E-state index contributed by atoms with van der Waals surface area (Å²) in [6, 6.07) is -0.0998. The molecule has 2 amide bonds. The predicted octanol–water partition coefficient (Wildman–Crippen LogP) is 1.44. The zero-order valence-corrected chi connectivity index (χ0v) is 10.1. The van der Waals surface area contributed by atoms with Crippen LogP contribution in [-0.2, 0) is 4.79 Å². The molecular formula is C12H20N2O3. The average Bonchev–Trinajstić information content (AvgIpc) is 2.28. The molecule has 2 rings (SSSR count). The molecule has 2 fully saturated rings. The number of nitrogens with one attached hydrogen (secondary N) is 1. The van der Waals surface area contributed by atoms with Crippen molar-refractivity contribution in [3.8, 4) is 0 Å². The second-order valence-corrected chi connectivity index (χ2v) is 5.15. The van der Waals surface area contributed by atoms with E-state index in [-0.39, 0.29) is 12.6 Å². The summed E-state index contributed by atoms with van der Waals surface area (Å²) in [5.41, 5.74) is -0.689. The molecule has 1 aliphatic carbocycles. The van der Waals surface area contributed by atoms with E-state index >= 15 is 0 Å². The molecular weight excluding hydrogens is 220 g/mol. The van der Waals surface area contributed by atoms with Gasteiger partial charge in [-0.1, -0.05) is 6.42 Å². The molecule has 5 heteroatoms. The molecule has 5 nitrogen and oxygen atoms in total. The van der Waals surface area contributed by atoms with Crippen molar-refractivity contribution in [3.63, 3.8) is 0 Å². The van der Waals surface area contributed by atoms with Crippen molar-refractivity contribution in [2.45, 2.75) is 38.5 Å². The lowest BCUT2D eigenvalue weighted by Crippen LogP contribution is -2.51. The fourth-order valence-corrected chi connectivity index (χ4v) is 2.52. The lowest BCUT2D eigenvalue weighted by atomic mass is 9.69. The van der Waals surface area contributed by atoms with E-state index in [0.29, 0.717) is 12.8 Å². The van der Waals surface area contributed by atoms with Gasteiger partial charge in [0, 0.05) is 19.6 Å². The molecule has 0 aromatic heterocycles. The lowest BCUT2D eigenvalue weighted by Gasteiger charge is -2.38. The van der Waals surface area contributed by atoms with E-state index in [1.165, 1.54) is 6.42 Å². The van der Waals surface area contributed by atoms with Gasteiger partial charge in [0.2, 0.25) is 0 Å². The first kappa shape index (κ1) is 12.2. The topological polar surface area (TPSA) is 69.6 Å². The minimum absolute atomic E-state index is 0.0998. The van der Waals surface area contributed by atoms with Crippen molar-refractivity contribution in [2.24, 2.45) is 5.41 Å². The number of piperidine rings is 1. The maximum absolute atomic E-state index is 11.8. The largest absolute Gasteiger partial charge is 0.481 e. The third kappa shape index (κ3) is 2.53. The highest BCUT2D eigenvalue weighted by molar-refractivity contribution is 5.79. The number of hydrogen-bond acceptors (Lipinski definition) is 2. The highest BCUT2D eigenvalue weighted by Crippen LogP contribution is 2.40. The van der Waals surface area contributed by atoms with Crippen LogP contribution in [0.3, 0.4) is 0 Å². The molecule has 2 N–H and O–H groups in total. The maximum Gasteiger partial charge on any atom is 0.317 e. The maximum atomic E-state index is 11.8. The minimum Gasteiger partial charge on any atom is -0.481 e. The third-order valence-electron chi connectivity index (χ3n) is 3.99. The Morgan fingerprint density at radius 1 is 1.12 bits per heavy atom. The van der Waals surface area contributed by atoms with Crippen LogP contribution < -0.4 is 5.32 Å². The first-order chi connectivity index (χ1) is 8.14. The molecule has 0 aromatic rings. The van der Waals surface area contributed by atoms with E-state index in [0.717, 1.165) is 32.4 Å². The number of urea groups is 1. The first-order valence-corrected chi connectivity index (χ1v) is 6.40. The Kier molecular flexibility index (Phi) is 3.54. The molecule has 17 heavy (non-hydrogen) atoms. The minimum atomic E-state index is -0.775. The Morgan fingerprint density at radius 3 is 2.24 bits per heavy atom. The molecule has 0 aromatic carbocycles. The smallest absolute Gasteiger partial charge is 0.317 e. The van der Waals surface area contributed by atoms with Crippen LogP contribution in [-0.4, -0.2) is 41.6 Å². The Hall–Kier alpha value is -1.26.